The average Bonchev–Trinajstić information content (AvgIpc) is 2.04. The van der Waals surface area contributed by atoms with Crippen LogP contribution in [-0.4, -0.2) is 44.4 Å². The van der Waals surface area contributed by atoms with Crippen molar-refractivity contribution in [2.75, 3.05) is 20.1 Å². The molecular weight excluding hydrogens is 149 g/mol. The first kappa shape index (κ1) is 10.1. The first-order chi connectivity index (χ1) is 5.76. The van der Waals surface area contributed by atoms with Crippen molar-refractivity contribution in [3.63, 3.8) is 0 Å². The van der Waals surface area contributed by atoms with Gasteiger partial charge in [0.1, 0.15) is 0 Å². The fourth-order valence-electron chi connectivity index (χ4n) is 1.83. The molecule has 12 heavy (non-hydrogen) atoms. The number of hydrogen-bond acceptors (Lipinski definition) is 2. The minimum absolute atomic E-state index is 0.472. The van der Waals surface area contributed by atoms with Crippen molar-refractivity contribution in [3.8, 4) is 0 Å². The zero-order valence-electron chi connectivity index (χ0n) is 8.55. The first-order valence-electron chi connectivity index (χ1n) is 5.10. The van der Waals surface area contributed by atoms with Gasteiger partial charge in [0, 0.05) is 19.1 Å². The topological polar surface area (TPSA) is 12.5 Å². The Balaban J connectivity index is 2.34. The molecule has 3 heteroatoms. The van der Waals surface area contributed by atoms with Gasteiger partial charge in [-0.15, -0.1) is 0 Å². The van der Waals surface area contributed by atoms with Gasteiger partial charge in [-0.05, 0) is 13.5 Å². The fourth-order valence-corrected chi connectivity index (χ4v) is 1.83. The summed E-state index contributed by atoms with van der Waals surface area (Å²) in [7, 11) is 3.33. The van der Waals surface area contributed by atoms with E-state index in [0.717, 1.165) is 20.4 Å². The third-order valence-corrected chi connectivity index (χ3v) is 2.48. The van der Waals surface area contributed by atoms with Gasteiger partial charge < -0.3 is 9.64 Å². The lowest BCUT2D eigenvalue weighted by molar-refractivity contribution is -0.0462. The maximum absolute atomic E-state index is 5.90. The summed E-state index contributed by atoms with van der Waals surface area (Å²) in [5.74, 6) is 0. The van der Waals surface area contributed by atoms with Crippen molar-refractivity contribution in [2.45, 2.75) is 38.7 Å². The quantitative estimate of drug-likeness (QED) is 0.582. The number of rotatable bonds is 3. The molecule has 1 aliphatic rings. The van der Waals surface area contributed by atoms with Crippen LogP contribution < -0.4 is 0 Å². The zero-order valence-corrected chi connectivity index (χ0v) is 8.55. The Bertz CT molecular complexity index is 132. The van der Waals surface area contributed by atoms with E-state index in [2.05, 4.69) is 25.7 Å². The highest BCUT2D eigenvalue weighted by molar-refractivity contribution is 6.35. The number of morpholine rings is 1. The molecule has 0 aromatic rings. The van der Waals surface area contributed by atoms with Gasteiger partial charge in [-0.25, -0.2) is 0 Å². The van der Waals surface area contributed by atoms with Crippen molar-refractivity contribution in [1.29, 1.82) is 0 Å². The minimum atomic E-state index is 0.472. The molecular formula is C9H20BNO. The Morgan fingerprint density at radius 3 is 2.83 bits per heavy atom. The van der Waals surface area contributed by atoms with Gasteiger partial charge in [0.25, 0.3) is 0 Å². The van der Waals surface area contributed by atoms with Gasteiger partial charge in [0.15, 0.2) is 7.28 Å². The highest BCUT2D eigenvalue weighted by Crippen LogP contribution is 2.13. The number of ether oxygens (including phenoxy) is 1. The predicted molar refractivity (Wildman–Crippen MR) is 54.1 cm³/mol. The van der Waals surface area contributed by atoms with Crippen LogP contribution in [0.1, 0.15) is 19.8 Å². The van der Waals surface area contributed by atoms with Crippen LogP contribution in [0, 0.1) is 0 Å². The Morgan fingerprint density at radius 1 is 1.50 bits per heavy atom. The molecule has 0 aliphatic carbocycles. The van der Waals surface area contributed by atoms with Crippen LogP contribution in [0.5, 0.6) is 0 Å². The molecule has 2 atom stereocenters. The molecule has 0 saturated carbocycles. The van der Waals surface area contributed by atoms with Gasteiger partial charge in [-0.1, -0.05) is 20.2 Å². The molecule has 2 nitrogen and oxygen atoms in total. The molecule has 70 valence electrons. The van der Waals surface area contributed by atoms with E-state index >= 15 is 0 Å². The molecule has 0 amide bonds. The van der Waals surface area contributed by atoms with Gasteiger partial charge >= 0.3 is 0 Å². The van der Waals surface area contributed by atoms with E-state index in [0.29, 0.717) is 12.1 Å². The van der Waals surface area contributed by atoms with Crippen LogP contribution in [0.15, 0.2) is 0 Å². The normalized spacial score (nSPS) is 31.9. The van der Waals surface area contributed by atoms with Crippen LogP contribution in [0.4, 0.5) is 0 Å². The van der Waals surface area contributed by atoms with Crippen molar-refractivity contribution < 1.29 is 4.74 Å². The van der Waals surface area contributed by atoms with Gasteiger partial charge in [-0.2, -0.15) is 0 Å². The number of hydrogen-bond donors (Lipinski definition) is 0. The van der Waals surface area contributed by atoms with Crippen molar-refractivity contribution in [3.05, 3.63) is 0 Å². The van der Waals surface area contributed by atoms with Crippen LogP contribution in [0.25, 0.3) is 0 Å². The second-order valence-electron chi connectivity index (χ2n) is 3.80. The monoisotopic (exact) mass is 169 g/mol. The van der Waals surface area contributed by atoms with Gasteiger partial charge in [0.05, 0.1) is 6.10 Å². The molecule has 2 unspecified atom stereocenters. The van der Waals surface area contributed by atoms with Crippen molar-refractivity contribution >= 4 is 7.28 Å². The Hall–Kier alpha value is -0.0151. The molecule has 1 rings (SSSR count). The Morgan fingerprint density at radius 2 is 2.25 bits per heavy atom. The summed E-state index contributed by atoms with van der Waals surface area (Å²) in [5.41, 5.74) is 0. The third-order valence-electron chi connectivity index (χ3n) is 2.48. The Labute approximate surface area is 76.5 Å². The molecule has 0 bridgehead atoms. The lowest BCUT2D eigenvalue weighted by atomic mass is 9.73. The van der Waals surface area contributed by atoms with Crippen LogP contribution in [-0.2, 0) is 4.74 Å². The van der Waals surface area contributed by atoms with E-state index < -0.39 is 0 Å². The maximum Gasteiger partial charge on any atom is 0.156 e. The molecule has 0 aromatic carbocycles. The lowest BCUT2D eigenvalue weighted by Gasteiger charge is -2.35. The standard InChI is InChI=1S/C9H20BNO/c1-4-5-8-6-11(3)7-9(10-2)12-8/h8-10H,4-7H2,1-3H3. The summed E-state index contributed by atoms with van der Waals surface area (Å²) in [5, 5.41) is 0. The first-order valence-corrected chi connectivity index (χ1v) is 5.10. The second-order valence-corrected chi connectivity index (χ2v) is 3.80. The smallest absolute Gasteiger partial charge is 0.156 e. The summed E-state index contributed by atoms with van der Waals surface area (Å²) in [6.07, 6.45) is 2.93. The van der Waals surface area contributed by atoms with E-state index in [1.54, 1.807) is 0 Å². The molecule has 1 heterocycles. The molecule has 0 N–H and O–H groups in total. The summed E-state index contributed by atoms with van der Waals surface area (Å²) < 4.78 is 5.90. The van der Waals surface area contributed by atoms with Gasteiger partial charge in [0.2, 0.25) is 0 Å². The summed E-state index contributed by atoms with van der Waals surface area (Å²) >= 11 is 0. The predicted octanol–water partition coefficient (Wildman–Crippen LogP) is 0.928. The Kier molecular flexibility index (Phi) is 4.09. The van der Waals surface area contributed by atoms with Crippen LogP contribution >= 0.6 is 0 Å². The SMILES string of the molecule is CBC1CN(C)CC(CCC)O1. The third kappa shape index (κ3) is 2.79. The zero-order chi connectivity index (χ0) is 8.97. The molecule has 0 aromatic heterocycles. The fraction of sp³-hybridized carbons (Fsp3) is 1.00. The minimum Gasteiger partial charge on any atom is -0.381 e. The number of nitrogens with zero attached hydrogens (tertiary/aromatic N) is 1. The summed E-state index contributed by atoms with van der Waals surface area (Å²) in [6.45, 7) is 6.65. The molecule has 1 saturated heterocycles. The van der Waals surface area contributed by atoms with E-state index in [1.165, 1.54) is 12.8 Å². The van der Waals surface area contributed by atoms with Crippen molar-refractivity contribution in [2.24, 2.45) is 0 Å². The lowest BCUT2D eigenvalue weighted by Crippen LogP contribution is -2.47. The summed E-state index contributed by atoms with van der Waals surface area (Å²) in [6, 6.07) is 0.472. The average molecular weight is 169 g/mol. The maximum atomic E-state index is 5.90. The highest BCUT2D eigenvalue weighted by Gasteiger charge is 2.23. The molecule has 0 radical (unpaired) electrons. The summed E-state index contributed by atoms with van der Waals surface area (Å²) in [4.78, 5) is 2.39. The number of likely N-dealkylation sites (N-methyl/N-ethyl adjacent to an activating group) is 1. The van der Waals surface area contributed by atoms with E-state index in [-0.39, 0.29) is 0 Å². The van der Waals surface area contributed by atoms with Gasteiger partial charge in [-0.3, -0.25) is 0 Å². The van der Waals surface area contributed by atoms with Crippen LogP contribution in [0.2, 0.25) is 6.82 Å². The molecule has 1 fully saturated rings. The van der Waals surface area contributed by atoms with Crippen LogP contribution in [0.3, 0.4) is 0 Å². The van der Waals surface area contributed by atoms with Crippen molar-refractivity contribution in [1.82, 2.24) is 4.90 Å². The van der Waals surface area contributed by atoms with E-state index in [4.69, 9.17) is 4.74 Å². The second kappa shape index (κ2) is 4.88. The van der Waals surface area contributed by atoms with E-state index in [9.17, 15) is 0 Å². The highest BCUT2D eigenvalue weighted by atomic mass is 16.5. The largest absolute Gasteiger partial charge is 0.381 e. The van der Waals surface area contributed by atoms with E-state index in [1.807, 2.05) is 0 Å². The molecule has 1 aliphatic heterocycles. The molecule has 0 spiro atoms.